The van der Waals surface area contributed by atoms with Crippen LogP contribution in [0.5, 0.6) is 0 Å². The number of hydrogen-bond acceptors (Lipinski definition) is 4. The van der Waals surface area contributed by atoms with Crippen LogP contribution in [0.1, 0.15) is 21.5 Å². The van der Waals surface area contributed by atoms with E-state index in [0.717, 1.165) is 6.07 Å². The van der Waals surface area contributed by atoms with Gasteiger partial charge in [0, 0.05) is 17.3 Å². The molecule has 1 aromatic heterocycles. The quantitative estimate of drug-likeness (QED) is 0.634. The van der Waals surface area contributed by atoms with E-state index in [1.165, 1.54) is 37.6 Å². The number of alkyl halides is 3. The number of aromatic nitrogens is 1. The lowest BCUT2D eigenvalue weighted by Gasteiger charge is -2.16. The average molecular weight is 325 g/mol. The van der Waals surface area contributed by atoms with Gasteiger partial charge in [-0.1, -0.05) is 12.1 Å². The van der Waals surface area contributed by atoms with Crippen molar-refractivity contribution in [1.29, 1.82) is 0 Å². The number of thiocarbonyl (C=S) groups is 1. The first-order chi connectivity index (χ1) is 10.4. The molecule has 3 nitrogen and oxygen atoms in total. The van der Waals surface area contributed by atoms with Gasteiger partial charge in [0.05, 0.1) is 23.9 Å². The van der Waals surface area contributed by atoms with Gasteiger partial charge < -0.3 is 4.74 Å². The molecule has 0 atom stereocenters. The van der Waals surface area contributed by atoms with Crippen molar-refractivity contribution >= 4 is 23.6 Å². The van der Waals surface area contributed by atoms with Crippen LogP contribution in [0, 0.1) is 0 Å². The Hall–Kier alpha value is -2.28. The third-order valence-corrected chi connectivity index (χ3v) is 3.37. The van der Waals surface area contributed by atoms with E-state index in [0.29, 0.717) is 6.29 Å². The summed E-state index contributed by atoms with van der Waals surface area (Å²) in [5.74, 6) is 0. The highest BCUT2D eigenvalue weighted by atomic mass is 32.1. The number of carbonyl (C=O) groups excluding carboxylic acids is 1. The molecule has 0 aliphatic heterocycles. The van der Waals surface area contributed by atoms with Crippen LogP contribution in [-0.4, -0.2) is 23.4 Å². The predicted octanol–water partition coefficient (Wildman–Crippen LogP) is 3.90. The molecule has 0 amide bonds. The van der Waals surface area contributed by atoms with Gasteiger partial charge in [0.2, 0.25) is 0 Å². The molecule has 2 aromatic rings. The van der Waals surface area contributed by atoms with Crippen molar-refractivity contribution in [2.24, 2.45) is 0 Å². The molecule has 22 heavy (non-hydrogen) atoms. The monoisotopic (exact) mass is 325 g/mol. The lowest BCUT2D eigenvalue weighted by atomic mass is 9.95. The lowest BCUT2D eigenvalue weighted by molar-refractivity contribution is -0.137. The fourth-order valence-electron chi connectivity index (χ4n) is 2.05. The summed E-state index contributed by atoms with van der Waals surface area (Å²) in [6.07, 6.45) is -2.93. The number of carbonyl (C=O) groups is 1. The van der Waals surface area contributed by atoms with Gasteiger partial charge in [-0.25, -0.2) is 0 Å². The minimum atomic E-state index is -4.63. The van der Waals surface area contributed by atoms with E-state index < -0.39 is 11.7 Å². The number of aldehydes is 1. The van der Waals surface area contributed by atoms with Crippen molar-refractivity contribution in [2.45, 2.75) is 6.18 Å². The van der Waals surface area contributed by atoms with E-state index in [-0.39, 0.29) is 27.4 Å². The number of nitrogens with zero attached hydrogens (tertiary/aromatic N) is 1. The van der Waals surface area contributed by atoms with E-state index in [4.69, 9.17) is 17.0 Å². The molecule has 0 bridgehead atoms. The zero-order chi connectivity index (χ0) is 16.3. The summed E-state index contributed by atoms with van der Waals surface area (Å²) in [5, 5.41) is -0.00285. The Labute approximate surface area is 129 Å². The van der Waals surface area contributed by atoms with Crippen LogP contribution in [0.25, 0.3) is 11.3 Å². The van der Waals surface area contributed by atoms with Gasteiger partial charge >= 0.3 is 6.18 Å². The largest absolute Gasteiger partial charge is 0.486 e. The molecule has 0 fully saturated rings. The highest BCUT2D eigenvalue weighted by molar-refractivity contribution is 7.80. The number of pyridine rings is 1. The molecule has 114 valence electrons. The van der Waals surface area contributed by atoms with Crippen molar-refractivity contribution in [1.82, 2.24) is 4.98 Å². The van der Waals surface area contributed by atoms with Crippen molar-refractivity contribution in [3.8, 4) is 11.3 Å². The number of ether oxygens (including phenoxy) is 1. The number of hydrogen-bond donors (Lipinski definition) is 0. The van der Waals surface area contributed by atoms with Gasteiger partial charge in [-0.15, -0.1) is 0 Å². The van der Waals surface area contributed by atoms with Gasteiger partial charge in [-0.05, 0) is 30.4 Å². The van der Waals surface area contributed by atoms with Crippen LogP contribution >= 0.6 is 12.2 Å². The molecule has 0 aliphatic rings. The molecule has 2 rings (SSSR count). The molecule has 0 unspecified atom stereocenters. The lowest BCUT2D eigenvalue weighted by Crippen LogP contribution is -2.12. The smallest absolute Gasteiger partial charge is 0.417 e. The average Bonchev–Trinajstić information content (AvgIpc) is 2.52. The Bertz CT molecular complexity index is 729. The normalized spacial score (nSPS) is 11.1. The van der Waals surface area contributed by atoms with Crippen molar-refractivity contribution in [3.63, 3.8) is 0 Å². The Morgan fingerprint density at radius 1 is 1.27 bits per heavy atom. The first kappa shape index (κ1) is 16.1. The maximum absolute atomic E-state index is 13.3. The second kappa shape index (κ2) is 6.23. The number of benzene rings is 1. The van der Waals surface area contributed by atoms with E-state index >= 15 is 0 Å². The topological polar surface area (TPSA) is 39.2 Å². The molecular weight excluding hydrogens is 315 g/mol. The van der Waals surface area contributed by atoms with Crippen LogP contribution in [0.2, 0.25) is 0 Å². The van der Waals surface area contributed by atoms with E-state index in [1.54, 1.807) is 0 Å². The molecule has 0 aliphatic carbocycles. The summed E-state index contributed by atoms with van der Waals surface area (Å²) < 4.78 is 44.7. The number of halogens is 3. The molecule has 1 aromatic carbocycles. The molecule has 0 N–H and O–H groups in total. The predicted molar refractivity (Wildman–Crippen MR) is 78.8 cm³/mol. The molecule has 1 heterocycles. The Morgan fingerprint density at radius 3 is 2.59 bits per heavy atom. The van der Waals surface area contributed by atoms with Crippen LogP contribution < -0.4 is 0 Å². The van der Waals surface area contributed by atoms with Gasteiger partial charge in [0.1, 0.15) is 0 Å². The standard InChI is InChI=1S/C15H10F3NO2S/c1-21-14(22)10-5-3-7-19-13(10)12-9(8-20)4-2-6-11(12)15(16,17)18/h2-8H,1H3. The molecule has 0 spiro atoms. The Kier molecular flexibility index (Phi) is 4.56. The molecule has 0 saturated carbocycles. The fraction of sp³-hybridized carbons (Fsp3) is 0.133. The van der Waals surface area contributed by atoms with Crippen molar-refractivity contribution in [3.05, 3.63) is 53.2 Å². The van der Waals surface area contributed by atoms with Crippen LogP contribution in [0.15, 0.2) is 36.5 Å². The van der Waals surface area contributed by atoms with Crippen LogP contribution in [0.4, 0.5) is 13.2 Å². The van der Waals surface area contributed by atoms with Gasteiger partial charge in [-0.2, -0.15) is 13.2 Å². The van der Waals surface area contributed by atoms with Crippen molar-refractivity contribution in [2.75, 3.05) is 7.11 Å². The summed E-state index contributed by atoms with van der Waals surface area (Å²) in [5.41, 5.74) is -1.19. The third kappa shape index (κ3) is 2.99. The first-order valence-corrected chi connectivity index (χ1v) is 6.50. The molecule has 7 heteroatoms. The van der Waals surface area contributed by atoms with Crippen LogP contribution in [-0.2, 0) is 10.9 Å². The second-order valence-electron chi connectivity index (χ2n) is 4.28. The van der Waals surface area contributed by atoms with E-state index in [1.807, 2.05) is 0 Å². The van der Waals surface area contributed by atoms with Gasteiger partial charge in [0.15, 0.2) is 11.3 Å². The summed E-state index contributed by atoms with van der Waals surface area (Å²) in [4.78, 5) is 15.1. The van der Waals surface area contributed by atoms with Crippen LogP contribution in [0.3, 0.4) is 0 Å². The SMILES string of the molecule is COC(=S)c1cccnc1-c1c(C=O)cccc1C(F)(F)F. The number of rotatable bonds is 3. The third-order valence-electron chi connectivity index (χ3n) is 2.98. The molecule has 0 saturated heterocycles. The molecular formula is C15H10F3NO2S. The zero-order valence-electron chi connectivity index (χ0n) is 11.3. The highest BCUT2D eigenvalue weighted by Crippen LogP contribution is 2.39. The highest BCUT2D eigenvalue weighted by Gasteiger charge is 2.35. The minimum Gasteiger partial charge on any atom is -0.486 e. The fourth-order valence-corrected chi connectivity index (χ4v) is 2.21. The Morgan fingerprint density at radius 2 is 2.00 bits per heavy atom. The minimum absolute atomic E-state index is 0.00285. The number of methoxy groups -OCH3 is 1. The maximum atomic E-state index is 13.3. The summed E-state index contributed by atoms with van der Waals surface area (Å²) in [6, 6.07) is 6.40. The van der Waals surface area contributed by atoms with Gasteiger partial charge in [-0.3, -0.25) is 9.78 Å². The van der Waals surface area contributed by atoms with Crippen molar-refractivity contribution < 1.29 is 22.7 Å². The second-order valence-corrected chi connectivity index (χ2v) is 4.65. The summed E-state index contributed by atoms with van der Waals surface area (Å²) in [6.45, 7) is 0. The summed E-state index contributed by atoms with van der Waals surface area (Å²) in [7, 11) is 1.31. The summed E-state index contributed by atoms with van der Waals surface area (Å²) >= 11 is 4.99. The first-order valence-electron chi connectivity index (χ1n) is 6.09. The Balaban J connectivity index is 2.83. The molecule has 0 radical (unpaired) electrons. The van der Waals surface area contributed by atoms with Gasteiger partial charge in [0.25, 0.3) is 0 Å². The zero-order valence-corrected chi connectivity index (χ0v) is 12.2. The van der Waals surface area contributed by atoms with E-state index in [9.17, 15) is 18.0 Å². The van der Waals surface area contributed by atoms with E-state index in [2.05, 4.69) is 4.98 Å². The maximum Gasteiger partial charge on any atom is 0.417 e.